The minimum atomic E-state index is -2.92. The van der Waals surface area contributed by atoms with Crippen molar-refractivity contribution in [3.8, 4) is 0 Å². The standard InChI is InChI=1S/C6H11O5P.C4H10/c1-5(2)6(7)10-3-4-11-12(8)9;1-3-4-2/h12H,1,3-4H2,2H3,(H,8,9);3-4H2,1-2H3. The fraction of sp³-hybridized carbons (Fsp3) is 0.700. The highest BCUT2D eigenvalue weighted by Crippen LogP contribution is 2.13. The summed E-state index contributed by atoms with van der Waals surface area (Å²) in [5.74, 6) is -0.531. The minimum absolute atomic E-state index is 0.0390. The topological polar surface area (TPSA) is 72.8 Å². The predicted molar refractivity (Wildman–Crippen MR) is 63.5 cm³/mol. The summed E-state index contributed by atoms with van der Waals surface area (Å²) in [6, 6.07) is 0. The molecule has 0 rings (SSSR count). The third-order valence-electron chi connectivity index (χ3n) is 1.39. The number of rotatable bonds is 6. The van der Waals surface area contributed by atoms with Crippen LogP contribution in [0.3, 0.4) is 0 Å². The van der Waals surface area contributed by atoms with E-state index in [1.807, 2.05) is 0 Å². The van der Waals surface area contributed by atoms with Gasteiger partial charge in [-0.3, -0.25) is 4.57 Å². The van der Waals surface area contributed by atoms with E-state index < -0.39 is 14.2 Å². The van der Waals surface area contributed by atoms with Gasteiger partial charge in [-0.1, -0.05) is 33.3 Å². The van der Waals surface area contributed by atoms with Gasteiger partial charge in [-0.05, 0) is 6.92 Å². The van der Waals surface area contributed by atoms with Gasteiger partial charge in [0.1, 0.15) is 6.61 Å². The SMILES string of the molecule is C=C(C)C(=O)OCCO[PH](=O)O.CCCC. The Kier molecular flexibility index (Phi) is 13.8. The Morgan fingerprint density at radius 1 is 1.31 bits per heavy atom. The molecule has 0 radical (unpaired) electrons. The van der Waals surface area contributed by atoms with Crippen molar-refractivity contribution in [1.82, 2.24) is 0 Å². The number of carbonyl (C=O) groups excluding carboxylic acids is 1. The Hall–Kier alpha value is -0.640. The molecule has 0 aliphatic rings. The fourth-order valence-electron chi connectivity index (χ4n) is 0.387. The Morgan fingerprint density at radius 3 is 2.12 bits per heavy atom. The van der Waals surface area contributed by atoms with Crippen molar-refractivity contribution in [3.63, 3.8) is 0 Å². The van der Waals surface area contributed by atoms with Gasteiger partial charge < -0.3 is 14.2 Å². The number of hydrogen-bond acceptors (Lipinski definition) is 4. The second-order valence-corrected chi connectivity index (χ2v) is 3.85. The lowest BCUT2D eigenvalue weighted by molar-refractivity contribution is -0.139. The van der Waals surface area contributed by atoms with Crippen LogP contribution < -0.4 is 0 Å². The second kappa shape index (κ2) is 12.4. The molecule has 6 heteroatoms. The van der Waals surface area contributed by atoms with Gasteiger partial charge in [-0.15, -0.1) is 0 Å². The first-order valence-electron chi connectivity index (χ1n) is 5.14. The maximum atomic E-state index is 10.7. The van der Waals surface area contributed by atoms with Crippen LogP contribution in [0, 0.1) is 0 Å². The molecule has 0 aromatic heterocycles. The van der Waals surface area contributed by atoms with E-state index in [0.717, 1.165) is 0 Å². The molecule has 96 valence electrons. The fourth-order valence-corrected chi connectivity index (χ4v) is 0.644. The van der Waals surface area contributed by atoms with Crippen molar-refractivity contribution < 1.29 is 23.5 Å². The highest BCUT2D eigenvalue weighted by atomic mass is 31.1. The molecule has 0 saturated heterocycles. The van der Waals surface area contributed by atoms with Gasteiger partial charge in [0.2, 0.25) is 0 Å². The van der Waals surface area contributed by atoms with Crippen LogP contribution in [-0.2, 0) is 18.6 Å². The molecular formula is C10H21O5P. The van der Waals surface area contributed by atoms with E-state index in [1.54, 1.807) is 0 Å². The number of ether oxygens (including phenoxy) is 1. The lowest BCUT2D eigenvalue weighted by Crippen LogP contribution is -2.09. The Balaban J connectivity index is 0. The quantitative estimate of drug-likeness (QED) is 0.340. The van der Waals surface area contributed by atoms with Crippen molar-refractivity contribution in [2.75, 3.05) is 13.2 Å². The summed E-state index contributed by atoms with van der Waals surface area (Å²) in [6.07, 6.45) is 2.64. The molecule has 1 unspecified atom stereocenters. The van der Waals surface area contributed by atoms with Gasteiger partial charge >= 0.3 is 14.2 Å². The molecule has 0 saturated carbocycles. The average molecular weight is 252 g/mol. The summed E-state index contributed by atoms with van der Waals surface area (Å²) in [5.41, 5.74) is 0.284. The van der Waals surface area contributed by atoms with Crippen LogP contribution in [0.25, 0.3) is 0 Å². The normalized spacial score (nSPS) is 11.0. The van der Waals surface area contributed by atoms with Crippen molar-refractivity contribution in [1.29, 1.82) is 0 Å². The van der Waals surface area contributed by atoms with Crippen LogP contribution in [-0.4, -0.2) is 24.1 Å². The highest BCUT2D eigenvalue weighted by Gasteiger charge is 2.02. The van der Waals surface area contributed by atoms with Gasteiger partial charge in [0.15, 0.2) is 0 Å². The summed E-state index contributed by atoms with van der Waals surface area (Å²) < 4.78 is 18.8. The maximum absolute atomic E-state index is 10.7. The zero-order chi connectivity index (χ0) is 13.0. The molecular weight excluding hydrogens is 231 g/mol. The van der Waals surface area contributed by atoms with Crippen LogP contribution >= 0.6 is 8.25 Å². The molecule has 1 atom stereocenters. The van der Waals surface area contributed by atoms with Crippen molar-refractivity contribution in [3.05, 3.63) is 12.2 Å². The monoisotopic (exact) mass is 252 g/mol. The summed E-state index contributed by atoms with van der Waals surface area (Å²) in [5, 5.41) is 0. The average Bonchev–Trinajstić information content (AvgIpc) is 2.24. The summed E-state index contributed by atoms with van der Waals surface area (Å²) >= 11 is 0. The summed E-state index contributed by atoms with van der Waals surface area (Å²) in [7, 11) is -2.92. The van der Waals surface area contributed by atoms with Gasteiger partial charge in [0.25, 0.3) is 0 Å². The number of carbonyl (C=O) groups is 1. The molecule has 0 aromatic rings. The first kappa shape index (κ1) is 17.7. The smallest absolute Gasteiger partial charge is 0.333 e. The first-order chi connectivity index (χ1) is 7.45. The maximum Gasteiger partial charge on any atom is 0.333 e. The van der Waals surface area contributed by atoms with E-state index in [1.165, 1.54) is 19.8 Å². The first-order valence-corrected chi connectivity index (χ1v) is 6.40. The number of esters is 1. The summed E-state index contributed by atoms with van der Waals surface area (Å²) in [4.78, 5) is 18.9. The van der Waals surface area contributed by atoms with Crippen LogP contribution in [0.1, 0.15) is 33.6 Å². The molecule has 0 amide bonds. The lowest BCUT2D eigenvalue weighted by Gasteiger charge is -2.02. The van der Waals surface area contributed by atoms with E-state index >= 15 is 0 Å². The van der Waals surface area contributed by atoms with Crippen molar-refractivity contribution in [2.24, 2.45) is 0 Å². The van der Waals surface area contributed by atoms with Crippen LogP contribution in [0.5, 0.6) is 0 Å². The molecule has 0 bridgehead atoms. The van der Waals surface area contributed by atoms with Gasteiger partial charge in [-0.2, -0.15) is 0 Å². The zero-order valence-electron chi connectivity index (χ0n) is 10.1. The minimum Gasteiger partial charge on any atom is -0.460 e. The van der Waals surface area contributed by atoms with Crippen molar-refractivity contribution in [2.45, 2.75) is 33.6 Å². The van der Waals surface area contributed by atoms with E-state index in [4.69, 9.17) is 4.89 Å². The van der Waals surface area contributed by atoms with E-state index in [2.05, 4.69) is 29.7 Å². The van der Waals surface area contributed by atoms with Gasteiger partial charge in [-0.25, -0.2) is 4.79 Å². The molecule has 0 heterocycles. The second-order valence-electron chi connectivity index (χ2n) is 3.03. The molecule has 5 nitrogen and oxygen atoms in total. The summed E-state index contributed by atoms with van der Waals surface area (Å²) in [6.45, 7) is 9.11. The Morgan fingerprint density at radius 2 is 1.81 bits per heavy atom. The molecule has 0 aromatic carbocycles. The third-order valence-corrected chi connectivity index (χ3v) is 1.84. The Bertz CT molecular complexity index is 225. The third kappa shape index (κ3) is 15.8. The van der Waals surface area contributed by atoms with Gasteiger partial charge in [0, 0.05) is 5.57 Å². The van der Waals surface area contributed by atoms with Crippen molar-refractivity contribution >= 4 is 14.2 Å². The molecule has 0 aliphatic carbocycles. The largest absolute Gasteiger partial charge is 0.460 e. The predicted octanol–water partition coefficient (Wildman–Crippen LogP) is 2.31. The highest BCUT2D eigenvalue weighted by molar-refractivity contribution is 7.32. The van der Waals surface area contributed by atoms with Crippen LogP contribution in [0.2, 0.25) is 0 Å². The van der Waals surface area contributed by atoms with Crippen LogP contribution in [0.4, 0.5) is 0 Å². The number of hydrogen-bond donors (Lipinski definition) is 1. The van der Waals surface area contributed by atoms with E-state index in [0.29, 0.717) is 0 Å². The van der Waals surface area contributed by atoms with Gasteiger partial charge in [0.05, 0.1) is 6.61 Å². The molecule has 0 aliphatic heterocycles. The number of unbranched alkanes of at least 4 members (excludes halogenated alkanes) is 1. The van der Waals surface area contributed by atoms with E-state index in [-0.39, 0.29) is 18.8 Å². The molecule has 0 spiro atoms. The molecule has 16 heavy (non-hydrogen) atoms. The molecule has 0 fully saturated rings. The molecule has 1 N–H and O–H groups in total. The zero-order valence-corrected chi connectivity index (χ0v) is 11.1. The lowest BCUT2D eigenvalue weighted by atomic mass is 10.4. The van der Waals surface area contributed by atoms with Crippen LogP contribution in [0.15, 0.2) is 12.2 Å². The Labute approximate surface area is 97.4 Å². The van der Waals surface area contributed by atoms with E-state index in [9.17, 15) is 9.36 Å².